The normalized spacial score (nSPS) is 15.0. The molecule has 152 valence electrons. The lowest BCUT2D eigenvalue weighted by molar-refractivity contribution is 0.195. The largest absolute Gasteiger partial charge is 0.382 e. The van der Waals surface area contributed by atoms with Crippen LogP contribution >= 0.6 is 11.3 Å². The molecule has 1 fully saturated rings. The molecule has 0 radical (unpaired) electrons. The van der Waals surface area contributed by atoms with Crippen molar-refractivity contribution in [2.75, 3.05) is 24.1 Å². The van der Waals surface area contributed by atoms with Crippen LogP contribution in [0.15, 0.2) is 48.8 Å². The smallest absolute Gasteiger partial charge is 0.321 e. The van der Waals surface area contributed by atoms with Crippen molar-refractivity contribution in [1.82, 2.24) is 14.9 Å². The van der Waals surface area contributed by atoms with Gasteiger partial charge in [-0.15, -0.1) is 11.3 Å². The predicted molar refractivity (Wildman–Crippen MR) is 123 cm³/mol. The van der Waals surface area contributed by atoms with Crippen LogP contribution in [0, 0.1) is 0 Å². The second-order valence-corrected chi connectivity index (χ2v) is 8.64. The number of nitrogens with one attached hydrogen (secondary N) is 1. The Bertz CT molecular complexity index is 1250. The molecule has 1 aliphatic rings. The van der Waals surface area contributed by atoms with E-state index in [0.717, 1.165) is 50.0 Å². The van der Waals surface area contributed by atoms with Crippen molar-refractivity contribution in [3.8, 4) is 11.1 Å². The number of benzene rings is 2. The molecule has 2 aromatic carbocycles. The van der Waals surface area contributed by atoms with Gasteiger partial charge in [-0.3, -0.25) is 0 Å². The summed E-state index contributed by atoms with van der Waals surface area (Å²) in [5, 5.41) is 4.09. The standard InChI is InChI=1S/C22H22N6OS/c23-15-6-8-28(9-7-15)22(29)27-16-3-1-2-13(10-16)14-4-5-17-18(11-14)30-20-19(17)25-12-26-21(20)24/h1-5,10-12,15H,6-9,23H2,(H,27,29)(H2,24,25,26). The van der Waals surface area contributed by atoms with Crippen molar-refractivity contribution in [2.24, 2.45) is 5.73 Å². The van der Waals surface area contributed by atoms with Crippen LogP contribution in [0.4, 0.5) is 16.3 Å². The number of carbonyl (C=O) groups excluding carboxylic acids is 1. The van der Waals surface area contributed by atoms with Gasteiger partial charge in [0.25, 0.3) is 0 Å². The zero-order valence-electron chi connectivity index (χ0n) is 16.3. The number of piperidine rings is 1. The molecule has 0 aliphatic carbocycles. The summed E-state index contributed by atoms with van der Waals surface area (Å²) in [4.78, 5) is 22.9. The van der Waals surface area contributed by atoms with Gasteiger partial charge in [-0.25, -0.2) is 14.8 Å². The summed E-state index contributed by atoms with van der Waals surface area (Å²) in [7, 11) is 0. The number of amides is 2. The number of urea groups is 1. The highest BCUT2D eigenvalue weighted by molar-refractivity contribution is 7.26. The minimum atomic E-state index is -0.0759. The molecule has 0 spiro atoms. The van der Waals surface area contributed by atoms with Crippen LogP contribution in [0.25, 0.3) is 31.4 Å². The van der Waals surface area contributed by atoms with Gasteiger partial charge in [0, 0.05) is 34.9 Å². The number of likely N-dealkylation sites (tertiary alicyclic amines) is 1. The number of nitrogen functional groups attached to an aromatic ring is 1. The van der Waals surface area contributed by atoms with E-state index in [2.05, 4.69) is 33.5 Å². The number of aromatic nitrogens is 2. The second-order valence-electron chi connectivity index (χ2n) is 7.59. The quantitative estimate of drug-likeness (QED) is 0.455. The second kappa shape index (κ2) is 7.55. The molecule has 3 heterocycles. The van der Waals surface area contributed by atoms with E-state index in [4.69, 9.17) is 11.5 Å². The topological polar surface area (TPSA) is 110 Å². The van der Waals surface area contributed by atoms with Crippen LogP contribution in [0.5, 0.6) is 0 Å². The Morgan fingerprint density at radius 3 is 2.73 bits per heavy atom. The number of rotatable bonds is 2. The monoisotopic (exact) mass is 418 g/mol. The first-order valence-electron chi connectivity index (χ1n) is 9.93. The van der Waals surface area contributed by atoms with Gasteiger partial charge >= 0.3 is 6.03 Å². The van der Waals surface area contributed by atoms with Crippen LogP contribution in [0.1, 0.15) is 12.8 Å². The van der Waals surface area contributed by atoms with Crippen molar-refractivity contribution in [3.63, 3.8) is 0 Å². The maximum atomic E-state index is 12.6. The van der Waals surface area contributed by atoms with Gasteiger partial charge in [0.1, 0.15) is 12.1 Å². The van der Waals surface area contributed by atoms with Crippen molar-refractivity contribution in [3.05, 3.63) is 48.8 Å². The zero-order chi connectivity index (χ0) is 20.7. The first-order chi connectivity index (χ1) is 14.6. The van der Waals surface area contributed by atoms with Crippen LogP contribution in [-0.2, 0) is 0 Å². The van der Waals surface area contributed by atoms with Gasteiger partial charge in [0.15, 0.2) is 0 Å². The number of hydrogen-bond donors (Lipinski definition) is 3. The molecule has 1 aliphatic heterocycles. The van der Waals surface area contributed by atoms with Crippen LogP contribution in [0.3, 0.4) is 0 Å². The van der Waals surface area contributed by atoms with Crippen molar-refractivity contribution >= 4 is 49.2 Å². The Morgan fingerprint density at radius 2 is 1.90 bits per heavy atom. The molecule has 30 heavy (non-hydrogen) atoms. The lowest BCUT2D eigenvalue weighted by Crippen LogP contribution is -2.44. The summed E-state index contributed by atoms with van der Waals surface area (Å²) in [6, 6.07) is 14.3. The number of nitrogens with two attached hydrogens (primary N) is 2. The first kappa shape index (κ1) is 18.8. The summed E-state index contributed by atoms with van der Waals surface area (Å²) < 4.78 is 2.01. The molecule has 5 N–H and O–H groups in total. The van der Waals surface area contributed by atoms with Crippen LogP contribution in [0.2, 0.25) is 0 Å². The van der Waals surface area contributed by atoms with E-state index in [-0.39, 0.29) is 12.1 Å². The number of hydrogen-bond acceptors (Lipinski definition) is 6. The van der Waals surface area contributed by atoms with Crippen LogP contribution < -0.4 is 16.8 Å². The van der Waals surface area contributed by atoms with E-state index in [0.29, 0.717) is 18.9 Å². The van der Waals surface area contributed by atoms with Gasteiger partial charge in [0.05, 0.1) is 10.2 Å². The van der Waals surface area contributed by atoms with E-state index < -0.39 is 0 Å². The predicted octanol–water partition coefficient (Wildman–Crippen LogP) is 4.05. The first-order valence-corrected chi connectivity index (χ1v) is 10.7. The molecule has 0 bridgehead atoms. The highest BCUT2D eigenvalue weighted by Gasteiger charge is 2.20. The average Bonchev–Trinajstić information content (AvgIpc) is 3.14. The molecule has 0 unspecified atom stereocenters. The fourth-order valence-corrected chi connectivity index (χ4v) is 4.95. The third-order valence-electron chi connectivity index (χ3n) is 5.55. The Morgan fingerprint density at radius 1 is 1.10 bits per heavy atom. The van der Waals surface area contributed by atoms with Crippen molar-refractivity contribution < 1.29 is 4.79 Å². The minimum absolute atomic E-state index is 0.0759. The molecule has 4 aromatic rings. The van der Waals surface area contributed by atoms with E-state index in [1.165, 1.54) is 6.33 Å². The van der Waals surface area contributed by atoms with Gasteiger partial charge < -0.3 is 21.7 Å². The van der Waals surface area contributed by atoms with Crippen molar-refractivity contribution in [1.29, 1.82) is 0 Å². The molecular formula is C22H22N6OS. The SMILES string of the molecule is Nc1ncnc2c1sc1cc(-c3cccc(NC(=O)N4CCC(N)CC4)c3)ccc12. The lowest BCUT2D eigenvalue weighted by atomic mass is 10.0. The Kier molecular flexibility index (Phi) is 4.72. The number of nitrogens with zero attached hydrogens (tertiary/aromatic N) is 3. The Hall–Kier alpha value is -3.23. The molecule has 8 heteroatoms. The Labute approximate surface area is 177 Å². The molecular weight excluding hydrogens is 396 g/mol. The maximum absolute atomic E-state index is 12.6. The number of fused-ring (bicyclic) bond motifs is 3. The molecule has 5 rings (SSSR count). The van der Waals surface area contributed by atoms with Gasteiger partial charge in [0.2, 0.25) is 0 Å². The molecule has 2 amide bonds. The van der Waals surface area contributed by atoms with E-state index in [1.54, 1.807) is 11.3 Å². The maximum Gasteiger partial charge on any atom is 0.321 e. The van der Waals surface area contributed by atoms with E-state index in [1.807, 2.05) is 29.2 Å². The molecule has 0 saturated carbocycles. The summed E-state index contributed by atoms with van der Waals surface area (Å²) in [5.74, 6) is 0.506. The summed E-state index contributed by atoms with van der Waals surface area (Å²) in [5.41, 5.74) is 15.7. The average molecular weight is 419 g/mol. The molecule has 2 aromatic heterocycles. The van der Waals surface area contributed by atoms with E-state index in [9.17, 15) is 4.79 Å². The minimum Gasteiger partial charge on any atom is -0.382 e. The molecule has 1 saturated heterocycles. The van der Waals surface area contributed by atoms with E-state index >= 15 is 0 Å². The van der Waals surface area contributed by atoms with Gasteiger partial charge in [-0.05, 0) is 42.2 Å². The zero-order valence-corrected chi connectivity index (χ0v) is 17.2. The number of carbonyl (C=O) groups is 1. The van der Waals surface area contributed by atoms with Crippen molar-refractivity contribution in [2.45, 2.75) is 18.9 Å². The molecule has 7 nitrogen and oxygen atoms in total. The third kappa shape index (κ3) is 3.44. The fourth-order valence-electron chi connectivity index (χ4n) is 3.85. The fraction of sp³-hybridized carbons (Fsp3) is 0.227. The third-order valence-corrected chi connectivity index (χ3v) is 6.72. The van der Waals surface area contributed by atoms with Gasteiger partial charge in [-0.1, -0.05) is 24.3 Å². The summed E-state index contributed by atoms with van der Waals surface area (Å²) >= 11 is 1.59. The lowest BCUT2D eigenvalue weighted by Gasteiger charge is -2.30. The number of thiophene rings is 1. The highest BCUT2D eigenvalue weighted by atomic mass is 32.1. The Balaban J connectivity index is 1.42. The van der Waals surface area contributed by atoms with Crippen LogP contribution in [-0.4, -0.2) is 40.0 Å². The van der Waals surface area contributed by atoms with Gasteiger partial charge in [-0.2, -0.15) is 0 Å². The summed E-state index contributed by atoms with van der Waals surface area (Å²) in [6.07, 6.45) is 3.19. The molecule has 0 atom stereocenters. The highest BCUT2D eigenvalue weighted by Crippen LogP contribution is 2.37. The number of anilines is 2. The summed E-state index contributed by atoms with van der Waals surface area (Å²) in [6.45, 7) is 1.39.